The first kappa shape index (κ1) is 20.6. The first-order valence-corrected chi connectivity index (χ1v) is 9.64. The Labute approximate surface area is 176 Å². The first-order chi connectivity index (χ1) is 14.8. The molecule has 0 spiro atoms. The molecule has 2 aromatic heterocycles. The van der Waals surface area contributed by atoms with E-state index in [2.05, 4.69) is 9.97 Å². The van der Waals surface area contributed by atoms with Gasteiger partial charge in [0.1, 0.15) is 12.1 Å². The van der Waals surface area contributed by atoms with Gasteiger partial charge in [0, 0.05) is 41.5 Å². The third kappa shape index (κ3) is 4.00. The lowest BCUT2D eigenvalue weighted by Crippen LogP contribution is -2.36. The maximum Gasteiger partial charge on any atom is 0.328 e. The number of H-pyrrole nitrogens is 2. The van der Waals surface area contributed by atoms with Gasteiger partial charge in [-0.15, -0.1) is 0 Å². The van der Waals surface area contributed by atoms with Crippen molar-refractivity contribution in [3.63, 3.8) is 0 Å². The number of benzene rings is 2. The molecule has 160 valence electrons. The maximum absolute atomic E-state index is 14.9. The number of carbonyl (C=O) groups is 2. The molecule has 0 aliphatic heterocycles. The van der Waals surface area contributed by atoms with E-state index in [0.717, 1.165) is 16.5 Å². The second-order valence-corrected chi connectivity index (χ2v) is 7.35. The quantitative estimate of drug-likeness (QED) is 0.227. The molecule has 2 atom stereocenters. The SMILES string of the molecule is NC(Cc1c[nH]c2c(F)c(OC(=O)C(N)Cc3c[nH]c4ccccc34)ccc12)C(=O)O. The maximum atomic E-state index is 14.9. The summed E-state index contributed by atoms with van der Waals surface area (Å²) in [5.41, 5.74) is 14.0. The zero-order valence-corrected chi connectivity index (χ0v) is 16.4. The molecule has 0 amide bonds. The zero-order valence-electron chi connectivity index (χ0n) is 16.4. The van der Waals surface area contributed by atoms with Gasteiger partial charge in [0.15, 0.2) is 11.6 Å². The number of fused-ring (bicyclic) bond motifs is 2. The van der Waals surface area contributed by atoms with Crippen LogP contribution < -0.4 is 16.2 Å². The Kier molecular flexibility index (Phi) is 5.45. The first-order valence-electron chi connectivity index (χ1n) is 9.64. The Morgan fingerprint density at radius 2 is 1.65 bits per heavy atom. The van der Waals surface area contributed by atoms with E-state index >= 15 is 0 Å². The third-order valence-corrected chi connectivity index (χ3v) is 5.23. The van der Waals surface area contributed by atoms with Crippen molar-refractivity contribution in [1.29, 1.82) is 0 Å². The van der Waals surface area contributed by atoms with Gasteiger partial charge in [-0.3, -0.25) is 4.79 Å². The summed E-state index contributed by atoms with van der Waals surface area (Å²) in [6.07, 6.45) is 3.54. The second kappa shape index (κ2) is 8.21. The fraction of sp³-hybridized carbons (Fsp3) is 0.182. The Morgan fingerprint density at radius 3 is 2.42 bits per heavy atom. The third-order valence-electron chi connectivity index (χ3n) is 5.23. The van der Waals surface area contributed by atoms with Crippen molar-refractivity contribution in [2.45, 2.75) is 24.9 Å². The molecule has 9 heteroatoms. The number of nitrogens with two attached hydrogens (primary N) is 2. The molecule has 0 bridgehead atoms. The van der Waals surface area contributed by atoms with Crippen molar-refractivity contribution in [2.75, 3.05) is 0 Å². The van der Waals surface area contributed by atoms with Crippen LogP contribution in [0.15, 0.2) is 48.8 Å². The van der Waals surface area contributed by atoms with Crippen LogP contribution in [0, 0.1) is 5.82 Å². The lowest BCUT2D eigenvalue weighted by molar-refractivity contribution is -0.138. The molecular weight excluding hydrogens is 403 g/mol. The van der Waals surface area contributed by atoms with Crippen LogP contribution in [0.5, 0.6) is 5.75 Å². The Balaban J connectivity index is 1.50. The molecule has 2 heterocycles. The molecule has 7 N–H and O–H groups in total. The highest BCUT2D eigenvalue weighted by molar-refractivity contribution is 5.88. The molecule has 4 aromatic rings. The number of aromatic nitrogens is 2. The number of carboxylic acid groups (broad SMARTS) is 1. The van der Waals surface area contributed by atoms with Crippen LogP contribution in [-0.2, 0) is 22.4 Å². The molecule has 8 nitrogen and oxygen atoms in total. The summed E-state index contributed by atoms with van der Waals surface area (Å²) < 4.78 is 20.1. The van der Waals surface area contributed by atoms with Crippen molar-refractivity contribution in [3.8, 4) is 5.75 Å². The van der Waals surface area contributed by atoms with E-state index in [1.807, 2.05) is 24.3 Å². The van der Waals surface area contributed by atoms with E-state index in [1.165, 1.54) is 12.3 Å². The van der Waals surface area contributed by atoms with E-state index in [1.54, 1.807) is 12.3 Å². The van der Waals surface area contributed by atoms with Gasteiger partial charge >= 0.3 is 11.9 Å². The van der Waals surface area contributed by atoms with Crippen LogP contribution in [0.4, 0.5) is 4.39 Å². The van der Waals surface area contributed by atoms with Gasteiger partial charge < -0.3 is 31.3 Å². The van der Waals surface area contributed by atoms with E-state index in [9.17, 15) is 14.0 Å². The lowest BCUT2D eigenvalue weighted by atomic mass is 10.1. The van der Waals surface area contributed by atoms with Gasteiger partial charge in [0.05, 0.1) is 5.52 Å². The highest BCUT2D eigenvalue weighted by Crippen LogP contribution is 2.29. The summed E-state index contributed by atoms with van der Waals surface area (Å²) in [4.78, 5) is 29.3. The zero-order chi connectivity index (χ0) is 22.1. The normalized spacial score (nSPS) is 13.4. The van der Waals surface area contributed by atoms with Gasteiger partial charge in [-0.1, -0.05) is 18.2 Å². The van der Waals surface area contributed by atoms with Crippen LogP contribution in [0.3, 0.4) is 0 Å². The van der Waals surface area contributed by atoms with Crippen molar-refractivity contribution in [3.05, 3.63) is 65.7 Å². The van der Waals surface area contributed by atoms with Crippen LogP contribution in [0.2, 0.25) is 0 Å². The minimum Gasteiger partial charge on any atom is -0.480 e. The monoisotopic (exact) mass is 424 g/mol. The topological polar surface area (TPSA) is 147 Å². The Hall–Kier alpha value is -3.69. The number of rotatable bonds is 7. The van der Waals surface area contributed by atoms with E-state index < -0.39 is 29.8 Å². The van der Waals surface area contributed by atoms with Crippen molar-refractivity contribution in [1.82, 2.24) is 9.97 Å². The van der Waals surface area contributed by atoms with E-state index in [0.29, 0.717) is 10.9 Å². The van der Waals surface area contributed by atoms with E-state index in [4.69, 9.17) is 21.3 Å². The molecule has 2 unspecified atom stereocenters. The molecular formula is C22H21FN4O4. The summed E-state index contributed by atoms with van der Waals surface area (Å²) in [6.45, 7) is 0. The number of nitrogens with one attached hydrogen (secondary N) is 2. The van der Waals surface area contributed by atoms with Gasteiger partial charge in [-0.25, -0.2) is 9.18 Å². The van der Waals surface area contributed by atoms with Crippen molar-refractivity contribution < 1.29 is 23.8 Å². The number of para-hydroxylation sites is 1. The summed E-state index contributed by atoms with van der Waals surface area (Å²) >= 11 is 0. The highest BCUT2D eigenvalue weighted by atomic mass is 19.1. The second-order valence-electron chi connectivity index (χ2n) is 7.35. The number of esters is 1. The summed E-state index contributed by atoms with van der Waals surface area (Å²) in [6, 6.07) is 8.40. The molecule has 4 rings (SSSR count). The summed E-state index contributed by atoms with van der Waals surface area (Å²) in [7, 11) is 0. The molecule has 2 aromatic carbocycles. The van der Waals surface area contributed by atoms with Gasteiger partial charge in [0.2, 0.25) is 0 Å². The summed E-state index contributed by atoms with van der Waals surface area (Å²) in [5.74, 6) is -2.93. The molecule has 0 saturated carbocycles. The van der Waals surface area contributed by atoms with Gasteiger partial charge in [-0.2, -0.15) is 0 Å². The number of hydrogen-bond acceptors (Lipinski definition) is 5. The molecule has 0 aliphatic rings. The van der Waals surface area contributed by atoms with Crippen LogP contribution in [0.1, 0.15) is 11.1 Å². The number of carboxylic acids is 1. The fourth-order valence-electron chi connectivity index (χ4n) is 3.58. The minimum absolute atomic E-state index is 0.0312. The highest BCUT2D eigenvalue weighted by Gasteiger charge is 2.22. The molecule has 31 heavy (non-hydrogen) atoms. The number of hydrogen-bond donors (Lipinski definition) is 5. The predicted octanol–water partition coefficient (Wildman–Crippen LogP) is 2.22. The van der Waals surface area contributed by atoms with Crippen LogP contribution in [-0.4, -0.2) is 39.1 Å². The van der Waals surface area contributed by atoms with E-state index in [-0.39, 0.29) is 24.1 Å². The molecule has 0 radical (unpaired) electrons. The number of halogens is 1. The molecule has 0 fully saturated rings. The Morgan fingerprint density at radius 1 is 0.968 bits per heavy atom. The number of carbonyl (C=O) groups excluding carboxylic acids is 1. The van der Waals surface area contributed by atoms with Crippen molar-refractivity contribution in [2.24, 2.45) is 11.5 Å². The van der Waals surface area contributed by atoms with Gasteiger partial charge in [-0.05, 0) is 29.3 Å². The standard InChI is InChI=1S/C22H21FN4O4/c23-19-18(6-5-14-12(10-27-20(14)19)7-15(24)21(28)29)31-22(30)16(25)8-11-9-26-17-4-2-1-3-13(11)17/h1-6,9-10,15-16,26-27H,7-8,24-25H2,(H,28,29). The van der Waals surface area contributed by atoms with Crippen LogP contribution >= 0.6 is 0 Å². The fourth-order valence-corrected chi connectivity index (χ4v) is 3.58. The summed E-state index contributed by atoms with van der Waals surface area (Å²) in [5, 5.41) is 10.4. The largest absolute Gasteiger partial charge is 0.480 e. The molecule has 0 saturated heterocycles. The minimum atomic E-state index is -1.15. The number of aliphatic carboxylic acids is 1. The average Bonchev–Trinajstić information content (AvgIpc) is 3.34. The average molecular weight is 424 g/mol. The smallest absolute Gasteiger partial charge is 0.328 e. The molecule has 0 aliphatic carbocycles. The number of ether oxygens (including phenoxy) is 1. The lowest BCUT2D eigenvalue weighted by Gasteiger charge is -2.12. The van der Waals surface area contributed by atoms with Gasteiger partial charge in [0.25, 0.3) is 0 Å². The van der Waals surface area contributed by atoms with Crippen molar-refractivity contribution >= 4 is 33.7 Å². The predicted molar refractivity (Wildman–Crippen MR) is 113 cm³/mol. The van der Waals surface area contributed by atoms with Crippen LogP contribution in [0.25, 0.3) is 21.8 Å². The number of aromatic amines is 2. The Bertz CT molecular complexity index is 1280.